The zero-order chi connectivity index (χ0) is 15.7. The largest absolute Gasteiger partial charge is 0.409 e. The number of aromatic nitrogens is 2. The summed E-state index contributed by atoms with van der Waals surface area (Å²) in [6.07, 6.45) is 0.230. The number of nitrogens with zero attached hydrogens (tertiary/aromatic N) is 3. The minimum absolute atomic E-state index is 0.230. The van der Waals surface area contributed by atoms with Crippen LogP contribution in [0.3, 0.4) is 0 Å². The first-order chi connectivity index (χ1) is 10.5. The Labute approximate surface area is 135 Å². The van der Waals surface area contributed by atoms with Gasteiger partial charge in [-0.2, -0.15) is 0 Å². The van der Waals surface area contributed by atoms with E-state index in [9.17, 15) is 0 Å². The molecule has 2 atom stereocenters. The summed E-state index contributed by atoms with van der Waals surface area (Å²) in [5.41, 5.74) is 2.11. The van der Waals surface area contributed by atoms with Gasteiger partial charge in [-0.25, -0.2) is 4.68 Å². The Kier molecular flexibility index (Phi) is 4.42. The molecule has 1 aromatic heterocycles. The number of aryl methyl sites for hydroxylation is 1. The highest BCUT2D eigenvalue weighted by atomic mass is 32.1. The quantitative estimate of drug-likeness (QED) is 0.813. The second kappa shape index (κ2) is 6.32. The molecule has 1 aromatic carbocycles. The smallest absolute Gasteiger partial charge is 0.288 e. The van der Waals surface area contributed by atoms with E-state index in [1.165, 1.54) is 0 Å². The Morgan fingerprint density at radius 1 is 1.32 bits per heavy atom. The molecular weight excluding hydrogens is 298 g/mol. The number of morpholine rings is 1. The first kappa shape index (κ1) is 15.4. The second-order valence-corrected chi connectivity index (χ2v) is 6.24. The Hall–Kier alpha value is -1.50. The van der Waals surface area contributed by atoms with Crippen LogP contribution in [0.15, 0.2) is 28.7 Å². The van der Waals surface area contributed by atoms with Crippen molar-refractivity contribution in [3.8, 4) is 11.5 Å². The molecule has 0 bridgehead atoms. The van der Waals surface area contributed by atoms with Crippen molar-refractivity contribution in [1.29, 1.82) is 0 Å². The Bertz CT molecular complexity index is 709. The van der Waals surface area contributed by atoms with Crippen LogP contribution in [0.4, 0.5) is 0 Å². The Balaban J connectivity index is 1.84. The molecule has 2 unspecified atom stereocenters. The molecule has 22 heavy (non-hydrogen) atoms. The number of rotatable bonds is 3. The maximum atomic E-state index is 5.69. The Morgan fingerprint density at radius 3 is 2.86 bits per heavy atom. The van der Waals surface area contributed by atoms with Crippen molar-refractivity contribution in [2.24, 2.45) is 0 Å². The lowest BCUT2D eigenvalue weighted by Crippen LogP contribution is -2.47. The van der Waals surface area contributed by atoms with Gasteiger partial charge in [0, 0.05) is 18.2 Å². The molecule has 6 heteroatoms. The predicted octanol–water partition coefficient (Wildman–Crippen LogP) is 3.25. The third kappa shape index (κ3) is 3.14. The van der Waals surface area contributed by atoms with Crippen LogP contribution in [0, 0.1) is 11.8 Å². The lowest BCUT2D eigenvalue weighted by molar-refractivity contribution is -0.0626. The van der Waals surface area contributed by atoms with Crippen LogP contribution in [0.5, 0.6) is 0 Å². The molecule has 3 rings (SSSR count). The topological polar surface area (TPSA) is 43.4 Å². The minimum atomic E-state index is 0.230. The van der Waals surface area contributed by atoms with Crippen LogP contribution in [0.2, 0.25) is 0 Å². The van der Waals surface area contributed by atoms with E-state index in [0.29, 0.717) is 23.4 Å². The van der Waals surface area contributed by atoms with Gasteiger partial charge < -0.3 is 9.15 Å². The summed E-state index contributed by atoms with van der Waals surface area (Å²) in [5, 5.41) is 4.56. The lowest BCUT2D eigenvalue weighted by Gasteiger charge is -2.36. The number of hydrogen-bond donors (Lipinski definition) is 0. The van der Waals surface area contributed by atoms with Gasteiger partial charge >= 0.3 is 0 Å². The summed E-state index contributed by atoms with van der Waals surface area (Å²) >= 11 is 5.33. The van der Waals surface area contributed by atoms with E-state index in [2.05, 4.69) is 23.8 Å². The van der Waals surface area contributed by atoms with Crippen LogP contribution >= 0.6 is 12.2 Å². The summed E-state index contributed by atoms with van der Waals surface area (Å²) in [6, 6.07) is 8.36. The van der Waals surface area contributed by atoms with Gasteiger partial charge in [0.1, 0.15) is 0 Å². The molecule has 0 saturated carbocycles. The molecule has 1 saturated heterocycles. The van der Waals surface area contributed by atoms with E-state index < -0.39 is 0 Å². The molecule has 0 spiro atoms. The van der Waals surface area contributed by atoms with Gasteiger partial charge in [-0.3, -0.25) is 4.90 Å². The zero-order valence-electron chi connectivity index (χ0n) is 13.2. The van der Waals surface area contributed by atoms with Crippen LogP contribution < -0.4 is 0 Å². The standard InChI is InChI=1S/C16H21N3O2S/c1-11-6-4-5-7-14(11)15-17-19(16(22)21-15)10-18-8-13(3)20-9-12(18)2/h4-7,12-13H,8-10H2,1-3H3. The third-order valence-electron chi connectivity index (χ3n) is 4.03. The highest BCUT2D eigenvalue weighted by Gasteiger charge is 2.24. The van der Waals surface area contributed by atoms with Crippen LogP contribution in [0.25, 0.3) is 11.5 Å². The first-order valence-corrected chi connectivity index (χ1v) is 7.95. The van der Waals surface area contributed by atoms with Crippen LogP contribution in [0.1, 0.15) is 19.4 Å². The second-order valence-electron chi connectivity index (χ2n) is 5.89. The molecule has 1 aliphatic heterocycles. The molecular formula is C16H21N3O2S. The maximum absolute atomic E-state index is 5.69. The molecule has 2 heterocycles. The van der Waals surface area contributed by atoms with Gasteiger partial charge in [0.2, 0.25) is 5.89 Å². The van der Waals surface area contributed by atoms with Crippen molar-refractivity contribution in [1.82, 2.24) is 14.7 Å². The van der Waals surface area contributed by atoms with Gasteiger partial charge in [-0.05, 0) is 44.6 Å². The number of benzene rings is 1. The van der Waals surface area contributed by atoms with Gasteiger partial charge in [0.25, 0.3) is 4.84 Å². The normalized spacial score (nSPS) is 22.9. The molecule has 0 radical (unpaired) electrons. The summed E-state index contributed by atoms with van der Waals surface area (Å²) in [7, 11) is 0. The fraction of sp³-hybridized carbons (Fsp3) is 0.500. The van der Waals surface area contributed by atoms with Crippen molar-refractivity contribution in [3.63, 3.8) is 0 Å². The average Bonchev–Trinajstić information content (AvgIpc) is 2.84. The van der Waals surface area contributed by atoms with E-state index in [0.717, 1.165) is 24.3 Å². The van der Waals surface area contributed by atoms with E-state index in [4.69, 9.17) is 21.4 Å². The molecule has 0 aliphatic carbocycles. The van der Waals surface area contributed by atoms with Crippen molar-refractivity contribution >= 4 is 12.2 Å². The maximum Gasteiger partial charge on any atom is 0.288 e. The van der Waals surface area contributed by atoms with Crippen molar-refractivity contribution in [2.75, 3.05) is 13.2 Å². The minimum Gasteiger partial charge on any atom is -0.409 e. The van der Waals surface area contributed by atoms with Gasteiger partial charge in [0.05, 0.1) is 19.4 Å². The fourth-order valence-electron chi connectivity index (χ4n) is 2.66. The van der Waals surface area contributed by atoms with Crippen molar-refractivity contribution in [3.05, 3.63) is 34.7 Å². The fourth-order valence-corrected chi connectivity index (χ4v) is 2.84. The average molecular weight is 319 g/mol. The highest BCUT2D eigenvalue weighted by Crippen LogP contribution is 2.22. The third-order valence-corrected chi connectivity index (χ3v) is 4.33. The molecule has 0 amide bonds. The van der Waals surface area contributed by atoms with E-state index in [1.54, 1.807) is 4.68 Å². The monoisotopic (exact) mass is 319 g/mol. The molecule has 0 N–H and O–H groups in total. The summed E-state index contributed by atoms with van der Waals surface area (Å²) in [5.74, 6) is 0.581. The van der Waals surface area contributed by atoms with E-state index in [-0.39, 0.29) is 6.10 Å². The van der Waals surface area contributed by atoms with Crippen molar-refractivity contribution < 1.29 is 9.15 Å². The number of hydrogen-bond acceptors (Lipinski definition) is 5. The molecule has 2 aromatic rings. The summed E-state index contributed by atoms with van der Waals surface area (Å²) in [6.45, 7) is 8.51. The van der Waals surface area contributed by atoms with Gasteiger partial charge in [0.15, 0.2) is 0 Å². The zero-order valence-corrected chi connectivity index (χ0v) is 14.0. The van der Waals surface area contributed by atoms with Crippen molar-refractivity contribution in [2.45, 2.75) is 39.6 Å². The van der Waals surface area contributed by atoms with E-state index in [1.807, 2.05) is 31.2 Å². The molecule has 1 fully saturated rings. The summed E-state index contributed by atoms with van der Waals surface area (Å²) < 4.78 is 13.1. The molecule has 1 aliphatic rings. The van der Waals surface area contributed by atoms with Crippen LogP contribution in [-0.2, 0) is 11.4 Å². The van der Waals surface area contributed by atoms with Gasteiger partial charge in [-0.1, -0.05) is 18.2 Å². The van der Waals surface area contributed by atoms with E-state index >= 15 is 0 Å². The van der Waals surface area contributed by atoms with Gasteiger partial charge in [-0.15, -0.1) is 5.10 Å². The summed E-state index contributed by atoms with van der Waals surface area (Å²) in [4.78, 5) is 2.72. The highest BCUT2D eigenvalue weighted by molar-refractivity contribution is 7.71. The van der Waals surface area contributed by atoms with Crippen LogP contribution in [-0.4, -0.2) is 40.0 Å². The first-order valence-electron chi connectivity index (χ1n) is 7.54. The molecule has 118 valence electrons. The predicted molar refractivity (Wildman–Crippen MR) is 87.1 cm³/mol. The number of ether oxygens (including phenoxy) is 1. The lowest BCUT2D eigenvalue weighted by atomic mass is 10.1. The Morgan fingerprint density at radius 2 is 2.09 bits per heavy atom. The SMILES string of the molecule is Cc1ccccc1-c1nn(CN2CC(C)OCC2C)c(=S)o1. The molecule has 5 nitrogen and oxygen atoms in total.